The smallest absolute Gasteiger partial charge is 0.315 e. The van der Waals surface area contributed by atoms with E-state index < -0.39 is 5.97 Å². The van der Waals surface area contributed by atoms with Gasteiger partial charge in [0, 0.05) is 12.2 Å². The summed E-state index contributed by atoms with van der Waals surface area (Å²) < 4.78 is 0. The first kappa shape index (κ1) is 15.3. The number of carbonyl (C=O) groups excluding carboxylic acids is 1. The van der Waals surface area contributed by atoms with E-state index in [2.05, 4.69) is 15.6 Å². The van der Waals surface area contributed by atoms with E-state index >= 15 is 0 Å². The van der Waals surface area contributed by atoms with Crippen molar-refractivity contribution in [3.05, 3.63) is 29.6 Å². The van der Waals surface area contributed by atoms with Crippen molar-refractivity contribution < 1.29 is 14.7 Å². The molecule has 21 heavy (non-hydrogen) atoms. The molecule has 1 aliphatic carbocycles. The molecule has 1 aromatic heterocycles. The van der Waals surface area contributed by atoms with E-state index in [0.29, 0.717) is 19.5 Å². The Kier molecular flexibility index (Phi) is 5.14. The normalized spacial score (nSPS) is 21.0. The molecule has 2 unspecified atom stereocenters. The van der Waals surface area contributed by atoms with Crippen LogP contribution in [0.15, 0.2) is 18.2 Å². The molecule has 0 aromatic carbocycles. The Morgan fingerprint density at radius 3 is 2.86 bits per heavy atom. The second-order valence-electron chi connectivity index (χ2n) is 5.47. The number of nitrogens with zero attached hydrogens (tertiary/aromatic N) is 1. The molecule has 1 heterocycles. The zero-order chi connectivity index (χ0) is 15.2. The number of carbonyl (C=O) groups is 2. The lowest BCUT2D eigenvalue weighted by atomic mass is 9.96. The highest BCUT2D eigenvalue weighted by Crippen LogP contribution is 2.31. The third-order valence-electron chi connectivity index (χ3n) is 3.88. The number of pyridine rings is 1. The fourth-order valence-electron chi connectivity index (χ4n) is 2.76. The summed E-state index contributed by atoms with van der Waals surface area (Å²) in [7, 11) is 0. The number of carboxylic acids is 1. The van der Waals surface area contributed by atoms with E-state index in [-0.39, 0.29) is 17.9 Å². The molecule has 1 aromatic rings. The van der Waals surface area contributed by atoms with Crippen LogP contribution in [0.2, 0.25) is 0 Å². The van der Waals surface area contributed by atoms with Crippen molar-refractivity contribution in [3.8, 4) is 0 Å². The van der Waals surface area contributed by atoms with Crippen LogP contribution in [0, 0.1) is 18.8 Å². The topological polar surface area (TPSA) is 91.3 Å². The van der Waals surface area contributed by atoms with Gasteiger partial charge in [0.2, 0.25) is 0 Å². The van der Waals surface area contributed by atoms with Crippen LogP contribution in [0.1, 0.15) is 30.7 Å². The van der Waals surface area contributed by atoms with Gasteiger partial charge in [-0.05, 0) is 37.8 Å². The molecule has 0 bridgehead atoms. The fraction of sp³-hybridized carbons (Fsp3) is 0.533. The summed E-state index contributed by atoms with van der Waals surface area (Å²) in [5, 5.41) is 14.6. The van der Waals surface area contributed by atoms with E-state index in [4.69, 9.17) is 5.11 Å². The van der Waals surface area contributed by atoms with Gasteiger partial charge in [-0.2, -0.15) is 0 Å². The van der Waals surface area contributed by atoms with E-state index in [1.165, 1.54) is 0 Å². The van der Waals surface area contributed by atoms with Crippen LogP contribution < -0.4 is 10.6 Å². The van der Waals surface area contributed by atoms with Gasteiger partial charge in [-0.25, -0.2) is 4.79 Å². The number of carboxylic acid groups (broad SMARTS) is 1. The third-order valence-corrected chi connectivity index (χ3v) is 3.88. The molecule has 1 saturated carbocycles. The van der Waals surface area contributed by atoms with E-state index in [1.54, 1.807) is 0 Å². The predicted octanol–water partition coefficient (Wildman–Crippen LogP) is 1.69. The first-order valence-corrected chi connectivity index (χ1v) is 7.23. The van der Waals surface area contributed by atoms with Crippen molar-refractivity contribution in [2.45, 2.75) is 32.7 Å². The molecule has 3 N–H and O–H groups in total. The van der Waals surface area contributed by atoms with Gasteiger partial charge in [0.15, 0.2) is 0 Å². The average molecular weight is 291 g/mol. The molecule has 114 valence electrons. The van der Waals surface area contributed by atoms with Gasteiger partial charge in [-0.1, -0.05) is 12.5 Å². The SMILES string of the molecule is Cc1cccc(CNC(=O)NCC2CCCC2C(=O)O)n1. The van der Waals surface area contributed by atoms with Crippen LogP contribution in [0.25, 0.3) is 0 Å². The van der Waals surface area contributed by atoms with Crippen molar-refractivity contribution in [2.75, 3.05) is 6.54 Å². The van der Waals surface area contributed by atoms with Crippen LogP contribution in [0.4, 0.5) is 4.79 Å². The average Bonchev–Trinajstić information content (AvgIpc) is 2.91. The number of aryl methyl sites for hydroxylation is 1. The molecule has 2 amide bonds. The summed E-state index contributed by atoms with van der Waals surface area (Å²) >= 11 is 0. The minimum atomic E-state index is -0.760. The number of amides is 2. The molecule has 0 radical (unpaired) electrons. The van der Waals surface area contributed by atoms with Crippen LogP contribution >= 0.6 is 0 Å². The Bertz CT molecular complexity index is 519. The molecular formula is C15H21N3O3. The molecule has 2 atom stereocenters. The first-order chi connectivity index (χ1) is 10.1. The van der Waals surface area contributed by atoms with Crippen LogP contribution in [0.3, 0.4) is 0 Å². The molecule has 1 aliphatic rings. The van der Waals surface area contributed by atoms with Crippen molar-refractivity contribution in [1.29, 1.82) is 0 Å². The van der Waals surface area contributed by atoms with Crippen LogP contribution in [-0.4, -0.2) is 28.6 Å². The largest absolute Gasteiger partial charge is 0.481 e. The van der Waals surface area contributed by atoms with Gasteiger partial charge in [-0.15, -0.1) is 0 Å². The Hall–Kier alpha value is -2.11. The zero-order valence-corrected chi connectivity index (χ0v) is 12.1. The molecule has 6 nitrogen and oxygen atoms in total. The molecule has 0 aliphatic heterocycles. The second-order valence-corrected chi connectivity index (χ2v) is 5.47. The highest BCUT2D eigenvalue weighted by Gasteiger charge is 2.32. The van der Waals surface area contributed by atoms with Gasteiger partial charge in [0.25, 0.3) is 0 Å². The van der Waals surface area contributed by atoms with Crippen molar-refractivity contribution in [2.24, 2.45) is 11.8 Å². The number of rotatable bonds is 5. The summed E-state index contributed by atoms with van der Waals surface area (Å²) in [5.74, 6) is -1.06. The number of aliphatic carboxylic acids is 1. The number of urea groups is 1. The molecule has 0 saturated heterocycles. The molecule has 6 heteroatoms. The molecule has 1 fully saturated rings. The molecule has 0 spiro atoms. The number of nitrogens with one attached hydrogen (secondary N) is 2. The maximum atomic E-state index is 11.7. The Morgan fingerprint density at radius 1 is 1.33 bits per heavy atom. The van der Waals surface area contributed by atoms with E-state index in [0.717, 1.165) is 24.2 Å². The predicted molar refractivity (Wildman–Crippen MR) is 77.7 cm³/mol. The van der Waals surface area contributed by atoms with Gasteiger partial charge in [-0.3, -0.25) is 9.78 Å². The number of aromatic nitrogens is 1. The Labute approximate surface area is 124 Å². The minimum absolute atomic E-state index is 0.0327. The maximum Gasteiger partial charge on any atom is 0.315 e. The van der Waals surface area contributed by atoms with Crippen molar-refractivity contribution in [3.63, 3.8) is 0 Å². The van der Waals surface area contributed by atoms with Gasteiger partial charge >= 0.3 is 12.0 Å². The van der Waals surface area contributed by atoms with Gasteiger partial charge < -0.3 is 15.7 Å². The van der Waals surface area contributed by atoms with Gasteiger partial charge in [0.1, 0.15) is 0 Å². The third kappa shape index (κ3) is 4.44. The summed E-state index contributed by atoms with van der Waals surface area (Å²) in [5.41, 5.74) is 1.71. The summed E-state index contributed by atoms with van der Waals surface area (Å²) in [6.07, 6.45) is 2.48. The number of hydrogen-bond acceptors (Lipinski definition) is 3. The summed E-state index contributed by atoms with van der Waals surface area (Å²) in [4.78, 5) is 27.1. The zero-order valence-electron chi connectivity index (χ0n) is 12.1. The Morgan fingerprint density at radius 2 is 2.14 bits per heavy atom. The lowest BCUT2D eigenvalue weighted by molar-refractivity contribution is -0.142. The van der Waals surface area contributed by atoms with Crippen molar-refractivity contribution >= 4 is 12.0 Å². The summed E-state index contributed by atoms with van der Waals surface area (Å²) in [6.45, 7) is 2.67. The highest BCUT2D eigenvalue weighted by molar-refractivity contribution is 5.74. The lowest BCUT2D eigenvalue weighted by Gasteiger charge is -2.16. The lowest BCUT2D eigenvalue weighted by Crippen LogP contribution is -2.39. The summed E-state index contributed by atoms with van der Waals surface area (Å²) in [6, 6.07) is 5.36. The van der Waals surface area contributed by atoms with Crippen LogP contribution in [0.5, 0.6) is 0 Å². The quantitative estimate of drug-likeness (QED) is 0.770. The second kappa shape index (κ2) is 7.06. The number of hydrogen-bond donors (Lipinski definition) is 3. The fourth-order valence-corrected chi connectivity index (χ4v) is 2.76. The molecular weight excluding hydrogens is 270 g/mol. The van der Waals surface area contributed by atoms with E-state index in [1.807, 2.05) is 25.1 Å². The minimum Gasteiger partial charge on any atom is -0.481 e. The maximum absolute atomic E-state index is 11.7. The van der Waals surface area contributed by atoms with E-state index in [9.17, 15) is 9.59 Å². The Balaban J connectivity index is 1.74. The standard InChI is InChI=1S/C15H21N3O3/c1-10-4-2-6-12(18-10)9-17-15(21)16-8-11-5-3-7-13(11)14(19)20/h2,4,6,11,13H,3,5,7-9H2,1H3,(H,19,20)(H2,16,17,21). The highest BCUT2D eigenvalue weighted by atomic mass is 16.4. The molecule has 2 rings (SSSR count). The monoisotopic (exact) mass is 291 g/mol. The van der Waals surface area contributed by atoms with Crippen molar-refractivity contribution in [1.82, 2.24) is 15.6 Å². The first-order valence-electron chi connectivity index (χ1n) is 7.23. The van der Waals surface area contributed by atoms with Crippen LogP contribution in [-0.2, 0) is 11.3 Å². The van der Waals surface area contributed by atoms with Gasteiger partial charge in [0.05, 0.1) is 18.2 Å².